The van der Waals surface area contributed by atoms with E-state index in [1.165, 1.54) is 31.0 Å². The number of hydrogen-bond acceptors (Lipinski definition) is 5. The minimum atomic E-state index is -0.856. The number of benzene rings is 1. The maximum Gasteiger partial charge on any atom is 0.340 e. The molecule has 170 valence electrons. The number of ether oxygens (including phenoxy) is 1. The van der Waals surface area contributed by atoms with E-state index in [0.29, 0.717) is 16.5 Å². The van der Waals surface area contributed by atoms with Gasteiger partial charge in [0.1, 0.15) is 0 Å². The van der Waals surface area contributed by atoms with E-state index >= 15 is 0 Å². The second-order valence-corrected chi connectivity index (χ2v) is 9.64. The Hall–Kier alpha value is -2.02. The van der Waals surface area contributed by atoms with E-state index in [2.05, 4.69) is 5.32 Å². The lowest BCUT2D eigenvalue weighted by Gasteiger charge is -2.31. The van der Waals surface area contributed by atoms with Crippen LogP contribution in [0.15, 0.2) is 29.2 Å². The first-order valence-electron chi connectivity index (χ1n) is 11.4. The predicted molar refractivity (Wildman–Crippen MR) is 122 cm³/mol. The highest BCUT2D eigenvalue weighted by Crippen LogP contribution is 2.26. The number of nitrogens with one attached hydrogen (secondary N) is 1. The van der Waals surface area contributed by atoms with Crippen molar-refractivity contribution in [3.63, 3.8) is 0 Å². The minimum Gasteiger partial charge on any atom is -0.449 e. The smallest absolute Gasteiger partial charge is 0.340 e. The molecule has 0 aliphatic heterocycles. The first kappa shape index (κ1) is 23.6. The van der Waals surface area contributed by atoms with Crippen LogP contribution in [0.5, 0.6) is 0 Å². The lowest BCUT2D eigenvalue weighted by Crippen LogP contribution is -2.40. The molecule has 0 spiro atoms. The Morgan fingerprint density at radius 2 is 1.71 bits per heavy atom. The molecule has 1 N–H and O–H groups in total. The first-order valence-corrected chi connectivity index (χ1v) is 12.4. The number of carbonyl (C=O) groups is 3. The number of thioether (sulfide) groups is 1. The quantitative estimate of drug-likeness (QED) is 0.479. The molecule has 0 saturated heterocycles. The zero-order valence-electron chi connectivity index (χ0n) is 18.6. The van der Waals surface area contributed by atoms with Crippen molar-refractivity contribution < 1.29 is 19.1 Å². The predicted octanol–water partition coefficient (Wildman–Crippen LogP) is 4.17. The number of carbonyl (C=O) groups excluding carboxylic acids is 3. The van der Waals surface area contributed by atoms with Gasteiger partial charge in [-0.1, -0.05) is 44.2 Å². The van der Waals surface area contributed by atoms with E-state index in [1.54, 1.807) is 19.1 Å². The highest BCUT2D eigenvalue weighted by atomic mass is 32.2. The maximum atomic E-state index is 12.7. The lowest BCUT2D eigenvalue weighted by molar-refractivity contribution is -0.130. The van der Waals surface area contributed by atoms with Crippen molar-refractivity contribution in [2.24, 2.45) is 0 Å². The van der Waals surface area contributed by atoms with Gasteiger partial charge in [0.15, 0.2) is 6.10 Å². The molecular weight excluding hydrogens is 412 g/mol. The van der Waals surface area contributed by atoms with Gasteiger partial charge in [0.05, 0.1) is 11.3 Å². The molecule has 2 fully saturated rings. The zero-order chi connectivity index (χ0) is 22.2. The van der Waals surface area contributed by atoms with Gasteiger partial charge in [-0.3, -0.25) is 9.59 Å². The van der Waals surface area contributed by atoms with Crippen LogP contribution < -0.4 is 5.32 Å². The van der Waals surface area contributed by atoms with Crippen LogP contribution >= 0.6 is 11.8 Å². The summed E-state index contributed by atoms with van der Waals surface area (Å²) in [5.41, 5.74) is 0.390. The number of esters is 1. The molecule has 3 rings (SSSR count). The van der Waals surface area contributed by atoms with Crippen LogP contribution in [0.2, 0.25) is 0 Å². The first-order chi connectivity index (χ1) is 15.0. The molecule has 2 amide bonds. The van der Waals surface area contributed by atoms with E-state index in [9.17, 15) is 14.4 Å². The van der Waals surface area contributed by atoms with Crippen molar-refractivity contribution in [1.29, 1.82) is 0 Å². The Morgan fingerprint density at radius 1 is 1.06 bits per heavy atom. The second-order valence-electron chi connectivity index (χ2n) is 8.62. The van der Waals surface area contributed by atoms with Gasteiger partial charge >= 0.3 is 5.97 Å². The van der Waals surface area contributed by atoms with Gasteiger partial charge < -0.3 is 15.0 Å². The Balaban J connectivity index is 1.54. The topological polar surface area (TPSA) is 75.7 Å². The molecule has 2 aliphatic carbocycles. The molecule has 2 aliphatic rings. The monoisotopic (exact) mass is 446 g/mol. The van der Waals surface area contributed by atoms with Crippen LogP contribution in [0, 0.1) is 0 Å². The van der Waals surface area contributed by atoms with Crippen LogP contribution in [0.1, 0.15) is 75.1 Å². The third-order valence-electron chi connectivity index (χ3n) is 6.33. The molecule has 31 heavy (non-hydrogen) atoms. The van der Waals surface area contributed by atoms with Crippen molar-refractivity contribution in [2.45, 2.75) is 87.8 Å². The van der Waals surface area contributed by atoms with E-state index in [-0.39, 0.29) is 23.6 Å². The van der Waals surface area contributed by atoms with Crippen molar-refractivity contribution in [3.8, 4) is 0 Å². The Kier molecular flexibility index (Phi) is 8.81. The molecule has 6 nitrogen and oxygen atoms in total. The fourth-order valence-corrected chi connectivity index (χ4v) is 5.30. The largest absolute Gasteiger partial charge is 0.449 e. The van der Waals surface area contributed by atoms with Gasteiger partial charge in [0, 0.05) is 24.0 Å². The zero-order valence-corrected chi connectivity index (χ0v) is 19.4. The highest BCUT2D eigenvalue weighted by Gasteiger charge is 2.25. The molecule has 1 unspecified atom stereocenters. The number of nitrogens with zero attached hydrogens (tertiary/aromatic N) is 1. The summed E-state index contributed by atoms with van der Waals surface area (Å²) in [5, 5.41) is 2.96. The summed E-state index contributed by atoms with van der Waals surface area (Å²) >= 11 is 1.34. The number of amides is 2. The third-order valence-corrected chi connectivity index (χ3v) is 7.39. The number of hydrogen-bond donors (Lipinski definition) is 1. The molecule has 0 radical (unpaired) electrons. The van der Waals surface area contributed by atoms with Gasteiger partial charge in [-0.25, -0.2) is 4.79 Å². The van der Waals surface area contributed by atoms with Crippen molar-refractivity contribution in [3.05, 3.63) is 29.8 Å². The third kappa shape index (κ3) is 6.73. The molecule has 0 bridgehead atoms. The van der Waals surface area contributed by atoms with E-state index in [4.69, 9.17) is 4.74 Å². The van der Waals surface area contributed by atoms with Crippen LogP contribution in [0.3, 0.4) is 0 Å². The van der Waals surface area contributed by atoms with Gasteiger partial charge in [-0.05, 0) is 44.7 Å². The summed E-state index contributed by atoms with van der Waals surface area (Å²) in [5.74, 6) is -0.445. The van der Waals surface area contributed by atoms with Crippen molar-refractivity contribution in [2.75, 3.05) is 12.8 Å². The summed E-state index contributed by atoms with van der Waals surface area (Å²) < 4.78 is 5.44. The van der Waals surface area contributed by atoms with Gasteiger partial charge in [0.2, 0.25) is 5.91 Å². The maximum absolute atomic E-state index is 12.7. The van der Waals surface area contributed by atoms with Gasteiger partial charge in [0.25, 0.3) is 5.91 Å². The Labute approximate surface area is 189 Å². The Bertz CT molecular complexity index is 773. The fraction of sp³-hybridized carbons (Fsp3) is 0.625. The van der Waals surface area contributed by atoms with Crippen molar-refractivity contribution >= 4 is 29.5 Å². The average Bonchev–Trinajstić information content (AvgIpc) is 3.30. The fourth-order valence-electron chi connectivity index (χ4n) is 4.34. The summed E-state index contributed by atoms with van der Waals surface area (Å²) in [6, 6.07) is 7.61. The summed E-state index contributed by atoms with van der Waals surface area (Å²) in [4.78, 5) is 40.3. The normalized spacial score (nSPS) is 18.4. The van der Waals surface area contributed by atoms with Gasteiger partial charge in [-0.15, -0.1) is 11.8 Å². The molecule has 1 aromatic rings. The average molecular weight is 447 g/mol. The highest BCUT2D eigenvalue weighted by molar-refractivity contribution is 8.00. The standard InChI is InChI=1S/C24H34N2O4S/c1-17(23(28)25-18-10-6-7-11-18)30-24(29)20-14-8-9-15-21(20)31-16-22(27)26(2)19-12-4-3-5-13-19/h8-9,14-15,17-19H,3-7,10-13,16H2,1-2H3,(H,25,28). The van der Waals surface area contributed by atoms with E-state index in [1.807, 2.05) is 24.1 Å². The SMILES string of the molecule is CC(OC(=O)c1ccccc1SCC(=O)N(C)C1CCCCC1)C(=O)NC1CCCC1. The van der Waals surface area contributed by atoms with E-state index < -0.39 is 12.1 Å². The second kappa shape index (κ2) is 11.6. The minimum absolute atomic E-state index is 0.0735. The molecular formula is C24H34N2O4S. The van der Waals surface area contributed by atoms with Crippen LogP contribution in [-0.2, 0) is 14.3 Å². The summed E-state index contributed by atoms with van der Waals surface area (Å²) in [7, 11) is 1.88. The Morgan fingerprint density at radius 3 is 2.42 bits per heavy atom. The van der Waals surface area contributed by atoms with E-state index in [0.717, 1.165) is 38.5 Å². The van der Waals surface area contributed by atoms with Crippen LogP contribution in [0.25, 0.3) is 0 Å². The number of rotatable bonds is 8. The summed E-state index contributed by atoms with van der Waals surface area (Å²) in [6.07, 6.45) is 9.09. The lowest BCUT2D eigenvalue weighted by atomic mass is 9.94. The van der Waals surface area contributed by atoms with Crippen molar-refractivity contribution in [1.82, 2.24) is 10.2 Å². The molecule has 0 heterocycles. The van der Waals surface area contributed by atoms with Crippen LogP contribution in [0.4, 0.5) is 0 Å². The molecule has 2 saturated carbocycles. The molecule has 0 aromatic heterocycles. The molecule has 1 aromatic carbocycles. The molecule has 7 heteroatoms. The summed E-state index contributed by atoms with van der Waals surface area (Å²) in [6.45, 7) is 1.60. The molecule has 1 atom stereocenters. The van der Waals surface area contributed by atoms with Crippen LogP contribution in [-0.4, -0.2) is 53.7 Å². The van der Waals surface area contributed by atoms with Gasteiger partial charge in [-0.2, -0.15) is 0 Å².